The molecule has 0 unspecified atom stereocenters. The zero-order chi connectivity index (χ0) is 29.2. The monoisotopic (exact) mass is 584 g/mol. The van der Waals surface area contributed by atoms with Crippen molar-refractivity contribution in [1.29, 1.82) is 0 Å². The normalized spacial score (nSPS) is 11.5. The number of aromatic nitrogens is 6. The van der Waals surface area contributed by atoms with E-state index < -0.39 is 5.76 Å². The highest BCUT2D eigenvalue weighted by atomic mass is 32.1. The Hall–Kier alpha value is -4.81. The van der Waals surface area contributed by atoms with E-state index in [1.807, 2.05) is 72.3 Å². The molecule has 12 heteroatoms. The van der Waals surface area contributed by atoms with Gasteiger partial charge in [-0.15, -0.1) is 11.3 Å². The fourth-order valence-corrected chi connectivity index (χ4v) is 6.12. The number of nitrogens with one attached hydrogen (secondary N) is 1. The summed E-state index contributed by atoms with van der Waals surface area (Å²) in [4.78, 5) is 47.4. The first-order valence-corrected chi connectivity index (χ1v) is 14.3. The third-order valence-corrected chi connectivity index (χ3v) is 8.46. The number of thiophene rings is 1. The van der Waals surface area contributed by atoms with Crippen molar-refractivity contribution in [1.82, 2.24) is 28.8 Å². The van der Waals surface area contributed by atoms with E-state index in [4.69, 9.17) is 9.26 Å². The smallest absolute Gasteiger partial charge is 0.377 e. The zero-order valence-corrected chi connectivity index (χ0v) is 23.9. The topological polar surface area (TPSA) is 130 Å². The van der Waals surface area contributed by atoms with Crippen LogP contribution < -0.4 is 17.0 Å². The minimum Gasteiger partial charge on any atom is -0.377 e. The molecule has 0 saturated heterocycles. The average Bonchev–Trinajstić information content (AvgIpc) is 3.76. The van der Waals surface area contributed by atoms with Crippen molar-refractivity contribution in [2.45, 2.75) is 39.6 Å². The van der Waals surface area contributed by atoms with Crippen LogP contribution in [-0.4, -0.2) is 35.9 Å². The fourth-order valence-electron chi connectivity index (χ4n) is 5.04. The van der Waals surface area contributed by atoms with Gasteiger partial charge in [0.1, 0.15) is 17.3 Å². The quantitative estimate of drug-likeness (QED) is 0.259. The number of aryl methyl sites for hydroxylation is 2. The molecule has 0 spiro atoms. The summed E-state index contributed by atoms with van der Waals surface area (Å²) in [6.07, 6.45) is 4.27. The van der Waals surface area contributed by atoms with Gasteiger partial charge >= 0.3 is 11.4 Å². The van der Waals surface area contributed by atoms with Crippen molar-refractivity contribution >= 4 is 21.6 Å². The molecule has 0 aliphatic rings. The van der Waals surface area contributed by atoms with Crippen LogP contribution in [0.4, 0.5) is 0 Å². The number of aromatic amines is 1. The summed E-state index contributed by atoms with van der Waals surface area (Å²) in [5, 5.41) is 4.38. The lowest BCUT2D eigenvalue weighted by atomic mass is 9.98. The number of benzene rings is 2. The number of hydrogen-bond donors (Lipinski definition) is 1. The van der Waals surface area contributed by atoms with Crippen LogP contribution in [0.25, 0.3) is 32.7 Å². The lowest BCUT2D eigenvalue weighted by Gasteiger charge is -2.14. The Bertz CT molecular complexity index is 2040. The Balaban J connectivity index is 1.35. The largest absolute Gasteiger partial charge is 0.439 e. The number of imidazole rings is 1. The average molecular weight is 585 g/mol. The zero-order valence-electron chi connectivity index (χ0n) is 23.1. The fraction of sp³-hybridized carbons (Fsp3) is 0.233. The summed E-state index contributed by atoms with van der Waals surface area (Å²) in [5.41, 5.74) is 2.79. The molecule has 4 aromatic heterocycles. The van der Waals surface area contributed by atoms with Gasteiger partial charge in [0.05, 0.1) is 11.9 Å². The third kappa shape index (κ3) is 5.17. The van der Waals surface area contributed by atoms with Crippen molar-refractivity contribution in [3.05, 3.63) is 115 Å². The van der Waals surface area contributed by atoms with Gasteiger partial charge in [-0.05, 0) is 29.2 Å². The first-order valence-electron chi connectivity index (χ1n) is 13.5. The van der Waals surface area contributed by atoms with Gasteiger partial charge in [-0.1, -0.05) is 60.6 Å². The molecule has 0 radical (unpaired) electrons. The first kappa shape index (κ1) is 27.4. The molecule has 0 fully saturated rings. The number of nitrogens with zero attached hydrogens (tertiary/aromatic N) is 5. The highest BCUT2D eigenvalue weighted by molar-refractivity contribution is 7.18. The maximum atomic E-state index is 13.8. The molecule has 0 amide bonds. The van der Waals surface area contributed by atoms with Crippen LogP contribution in [0.1, 0.15) is 23.2 Å². The Kier molecular flexibility index (Phi) is 7.55. The van der Waals surface area contributed by atoms with Gasteiger partial charge < -0.3 is 9.30 Å². The molecule has 0 aliphatic heterocycles. The van der Waals surface area contributed by atoms with E-state index in [0.29, 0.717) is 35.7 Å². The number of methoxy groups -OCH3 is 1. The van der Waals surface area contributed by atoms with Gasteiger partial charge in [0.25, 0.3) is 5.56 Å². The van der Waals surface area contributed by atoms with E-state index in [1.165, 1.54) is 15.9 Å². The first-order chi connectivity index (χ1) is 20.5. The van der Waals surface area contributed by atoms with Gasteiger partial charge in [-0.3, -0.25) is 23.4 Å². The Labute approximate surface area is 243 Å². The standard InChI is InChI=1S/C30H28N6O5S/c1-3-21-16-24-27(37)35(15-14-34-13-12-31-25(34)18-40-2)30(39)36(28(24)42-21)17-19-8-10-20(11-9-19)22-6-4-5-7-23(22)26-32-29(38)41-33-26/h4-13,16H,3,14-15,17-18H2,1-2H3,(H,32,33,38). The number of hydrogen-bond acceptors (Lipinski definition) is 8. The second kappa shape index (κ2) is 11.6. The molecule has 6 aromatic rings. The van der Waals surface area contributed by atoms with Gasteiger partial charge in [-0.2, -0.15) is 0 Å². The highest BCUT2D eigenvalue weighted by Crippen LogP contribution is 2.30. The maximum absolute atomic E-state index is 13.8. The van der Waals surface area contributed by atoms with Crippen LogP contribution in [0.15, 0.2) is 85.9 Å². The predicted molar refractivity (Wildman–Crippen MR) is 160 cm³/mol. The van der Waals surface area contributed by atoms with Crippen molar-refractivity contribution in [3.63, 3.8) is 0 Å². The van der Waals surface area contributed by atoms with Crippen molar-refractivity contribution < 1.29 is 9.26 Å². The minimum atomic E-state index is -0.617. The molecule has 0 aliphatic carbocycles. The number of H-pyrrole nitrogens is 1. The molecule has 0 atom stereocenters. The molecule has 0 saturated carbocycles. The second-order valence-corrected chi connectivity index (χ2v) is 10.9. The molecule has 11 nitrogen and oxygen atoms in total. The van der Waals surface area contributed by atoms with Crippen molar-refractivity contribution in [2.75, 3.05) is 7.11 Å². The third-order valence-electron chi connectivity index (χ3n) is 7.16. The van der Waals surface area contributed by atoms with Crippen LogP contribution in [0.5, 0.6) is 0 Å². The maximum Gasteiger partial charge on any atom is 0.439 e. The predicted octanol–water partition coefficient (Wildman–Crippen LogP) is 3.89. The van der Waals surface area contributed by atoms with E-state index in [0.717, 1.165) is 39.4 Å². The summed E-state index contributed by atoms with van der Waals surface area (Å²) >= 11 is 1.48. The van der Waals surface area contributed by atoms with Crippen LogP contribution in [-0.2, 0) is 37.4 Å². The van der Waals surface area contributed by atoms with E-state index in [1.54, 1.807) is 17.9 Å². The SMILES string of the molecule is CCc1cc2c(=O)n(CCn3ccnc3COC)c(=O)n(Cc3ccc(-c4ccccc4-c4noc(=O)[nH]4)cc3)c2s1. The van der Waals surface area contributed by atoms with Gasteiger partial charge in [-0.25, -0.2) is 14.6 Å². The van der Waals surface area contributed by atoms with Crippen molar-refractivity contribution in [3.8, 4) is 22.5 Å². The molecule has 42 heavy (non-hydrogen) atoms. The van der Waals surface area contributed by atoms with Crippen molar-refractivity contribution in [2.24, 2.45) is 0 Å². The molecule has 0 bridgehead atoms. The summed E-state index contributed by atoms with van der Waals surface area (Å²) in [5.74, 6) is 0.464. The van der Waals surface area contributed by atoms with Gasteiger partial charge in [0, 0.05) is 43.0 Å². The van der Waals surface area contributed by atoms with E-state index in [-0.39, 0.29) is 17.8 Å². The molecular weight excluding hydrogens is 556 g/mol. The van der Waals surface area contributed by atoms with Crippen LogP contribution in [0.2, 0.25) is 0 Å². The number of ether oxygens (including phenoxy) is 1. The lowest BCUT2D eigenvalue weighted by Crippen LogP contribution is -2.40. The second-order valence-electron chi connectivity index (χ2n) is 9.77. The Morgan fingerprint density at radius 2 is 1.79 bits per heavy atom. The highest BCUT2D eigenvalue weighted by Gasteiger charge is 2.17. The molecule has 4 heterocycles. The number of fused-ring (bicyclic) bond motifs is 1. The van der Waals surface area contributed by atoms with E-state index in [9.17, 15) is 14.4 Å². The summed E-state index contributed by atoms with van der Waals surface area (Å²) < 4.78 is 14.8. The molecule has 6 rings (SSSR count). The van der Waals surface area contributed by atoms with Crippen LogP contribution >= 0.6 is 11.3 Å². The Morgan fingerprint density at radius 3 is 2.50 bits per heavy atom. The molecule has 2 aromatic carbocycles. The van der Waals surface area contributed by atoms with Crippen LogP contribution in [0.3, 0.4) is 0 Å². The van der Waals surface area contributed by atoms with E-state index in [2.05, 4.69) is 15.1 Å². The molecule has 1 N–H and O–H groups in total. The van der Waals surface area contributed by atoms with Gasteiger partial charge in [0.2, 0.25) is 0 Å². The molecule has 214 valence electrons. The summed E-state index contributed by atoms with van der Waals surface area (Å²) in [6, 6.07) is 17.3. The number of rotatable bonds is 10. The lowest BCUT2D eigenvalue weighted by molar-refractivity contribution is 0.174. The summed E-state index contributed by atoms with van der Waals surface area (Å²) in [7, 11) is 1.60. The molecular formula is C30H28N6O5S. The summed E-state index contributed by atoms with van der Waals surface area (Å²) in [6.45, 7) is 3.30. The van der Waals surface area contributed by atoms with E-state index >= 15 is 0 Å². The Morgan fingerprint density at radius 1 is 1.00 bits per heavy atom. The van der Waals surface area contributed by atoms with Gasteiger partial charge in [0.15, 0.2) is 5.82 Å². The minimum absolute atomic E-state index is 0.206. The van der Waals surface area contributed by atoms with Crippen LogP contribution in [0, 0.1) is 0 Å².